The number of benzene rings is 1. The van der Waals surface area contributed by atoms with Gasteiger partial charge in [0.05, 0.1) is 23.9 Å². The van der Waals surface area contributed by atoms with Gasteiger partial charge >= 0.3 is 0 Å². The second-order valence-electron chi connectivity index (χ2n) is 3.48. The number of halogens is 1. The van der Waals surface area contributed by atoms with Crippen LogP contribution in [0.25, 0.3) is 0 Å². The van der Waals surface area contributed by atoms with Gasteiger partial charge in [0.15, 0.2) is 0 Å². The lowest BCUT2D eigenvalue weighted by Gasteiger charge is -2.11. The van der Waals surface area contributed by atoms with Crippen LogP contribution in [-0.2, 0) is 4.74 Å². The zero-order valence-electron chi connectivity index (χ0n) is 9.96. The molecule has 0 aromatic heterocycles. The number of hydrazine groups is 1. The molecule has 0 radical (unpaired) electrons. The first-order chi connectivity index (χ1) is 8.17. The summed E-state index contributed by atoms with van der Waals surface area (Å²) in [6.07, 6.45) is 0. The van der Waals surface area contributed by atoms with E-state index in [0.29, 0.717) is 24.1 Å². The Labute approximate surface area is 106 Å². The molecule has 0 atom stereocenters. The molecule has 0 aliphatic carbocycles. The maximum Gasteiger partial charge on any atom is 0.210 e. The Bertz CT molecular complexity index is 395. The lowest BCUT2D eigenvalue weighted by Crippen LogP contribution is -2.36. The fourth-order valence-electron chi connectivity index (χ4n) is 1.22. The van der Waals surface area contributed by atoms with E-state index in [9.17, 15) is 0 Å². The number of methoxy groups -OCH3 is 1. The van der Waals surface area contributed by atoms with Crippen LogP contribution < -0.4 is 16.6 Å². The Morgan fingerprint density at radius 3 is 2.88 bits per heavy atom. The van der Waals surface area contributed by atoms with Crippen LogP contribution in [0.1, 0.15) is 5.56 Å². The minimum atomic E-state index is 0.452. The van der Waals surface area contributed by atoms with Crippen molar-refractivity contribution >= 4 is 23.2 Å². The van der Waals surface area contributed by atoms with Crippen molar-refractivity contribution in [1.82, 2.24) is 5.43 Å². The van der Waals surface area contributed by atoms with E-state index in [4.69, 9.17) is 22.2 Å². The molecule has 1 rings (SSSR count). The quantitative estimate of drug-likeness (QED) is 0.251. The van der Waals surface area contributed by atoms with Gasteiger partial charge in [0.25, 0.3) is 0 Å². The number of hydrogen-bond donors (Lipinski definition) is 3. The van der Waals surface area contributed by atoms with E-state index in [1.165, 1.54) is 0 Å². The third kappa shape index (κ3) is 4.60. The van der Waals surface area contributed by atoms with Gasteiger partial charge < -0.3 is 10.1 Å². The molecule has 0 amide bonds. The standard InChI is InChI=1S/C11H17ClN4O/c1-8-3-4-10(9(12)7-8)15-11(16-13)14-5-6-17-2/h3-4,7H,5-6,13H2,1-2H3,(H2,14,15,16). The molecule has 0 aliphatic rings. The van der Waals surface area contributed by atoms with E-state index in [0.717, 1.165) is 11.3 Å². The van der Waals surface area contributed by atoms with Gasteiger partial charge in [-0.1, -0.05) is 17.7 Å². The van der Waals surface area contributed by atoms with Gasteiger partial charge in [-0.15, -0.1) is 0 Å². The smallest absolute Gasteiger partial charge is 0.210 e. The molecule has 0 saturated carbocycles. The molecule has 1 aromatic rings. The number of guanidine groups is 1. The highest BCUT2D eigenvalue weighted by molar-refractivity contribution is 6.33. The molecule has 0 fully saturated rings. The SMILES string of the molecule is COCCN=C(NN)Nc1ccc(C)cc1Cl. The van der Waals surface area contributed by atoms with Gasteiger partial charge in [-0.3, -0.25) is 5.43 Å². The molecule has 17 heavy (non-hydrogen) atoms. The molecule has 0 spiro atoms. The van der Waals surface area contributed by atoms with Crippen LogP contribution in [0.5, 0.6) is 0 Å². The van der Waals surface area contributed by atoms with E-state index >= 15 is 0 Å². The summed E-state index contributed by atoms with van der Waals surface area (Å²) in [6.45, 7) is 3.03. The first kappa shape index (κ1) is 13.8. The predicted molar refractivity (Wildman–Crippen MR) is 71.3 cm³/mol. The number of hydrogen-bond acceptors (Lipinski definition) is 3. The summed E-state index contributed by atoms with van der Waals surface area (Å²) in [5.41, 5.74) is 4.33. The maximum absolute atomic E-state index is 6.08. The molecule has 0 unspecified atom stereocenters. The van der Waals surface area contributed by atoms with Crippen molar-refractivity contribution in [2.24, 2.45) is 10.8 Å². The zero-order valence-corrected chi connectivity index (χ0v) is 10.7. The predicted octanol–water partition coefficient (Wildman–Crippen LogP) is 1.53. The van der Waals surface area contributed by atoms with E-state index in [1.54, 1.807) is 7.11 Å². The maximum atomic E-state index is 6.08. The summed E-state index contributed by atoms with van der Waals surface area (Å²) in [5.74, 6) is 5.81. The zero-order chi connectivity index (χ0) is 12.7. The van der Waals surface area contributed by atoms with Crippen molar-refractivity contribution in [2.75, 3.05) is 25.6 Å². The lowest BCUT2D eigenvalue weighted by molar-refractivity contribution is 0.208. The molecule has 1 aromatic carbocycles. The number of rotatable bonds is 4. The molecular formula is C11H17ClN4O. The topological polar surface area (TPSA) is 71.7 Å². The van der Waals surface area contributed by atoms with Crippen LogP contribution in [0.3, 0.4) is 0 Å². The van der Waals surface area contributed by atoms with E-state index in [1.807, 2.05) is 25.1 Å². The molecule has 0 heterocycles. The molecule has 4 N–H and O–H groups in total. The summed E-state index contributed by atoms with van der Waals surface area (Å²) < 4.78 is 4.90. The van der Waals surface area contributed by atoms with Gasteiger partial charge in [0.2, 0.25) is 5.96 Å². The van der Waals surface area contributed by atoms with Crippen molar-refractivity contribution in [1.29, 1.82) is 0 Å². The summed E-state index contributed by atoms with van der Waals surface area (Å²) in [7, 11) is 1.62. The Kier molecular flexibility index (Phi) is 5.76. The van der Waals surface area contributed by atoms with Crippen molar-refractivity contribution < 1.29 is 4.74 Å². The molecule has 5 nitrogen and oxygen atoms in total. The highest BCUT2D eigenvalue weighted by Crippen LogP contribution is 2.22. The third-order valence-corrected chi connectivity index (χ3v) is 2.39. The van der Waals surface area contributed by atoms with Gasteiger partial charge in [-0.05, 0) is 24.6 Å². The first-order valence-electron chi connectivity index (χ1n) is 5.20. The van der Waals surface area contributed by atoms with Gasteiger partial charge in [-0.25, -0.2) is 10.8 Å². The minimum absolute atomic E-state index is 0.452. The summed E-state index contributed by atoms with van der Waals surface area (Å²) in [5, 5.41) is 3.63. The molecule has 0 bridgehead atoms. The molecule has 0 aliphatic heterocycles. The number of aryl methyl sites for hydroxylation is 1. The van der Waals surface area contributed by atoms with E-state index in [-0.39, 0.29) is 0 Å². The normalized spacial score (nSPS) is 11.4. The second kappa shape index (κ2) is 7.11. The van der Waals surface area contributed by atoms with Crippen molar-refractivity contribution in [3.63, 3.8) is 0 Å². The summed E-state index contributed by atoms with van der Waals surface area (Å²) in [6, 6.07) is 5.70. The number of nitrogens with one attached hydrogen (secondary N) is 2. The second-order valence-corrected chi connectivity index (χ2v) is 3.88. The number of aliphatic imine (C=N–C) groups is 1. The Morgan fingerprint density at radius 1 is 1.53 bits per heavy atom. The first-order valence-corrected chi connectivity index (χ1v) is 5.58. The molecule has 0 saturated heterocycles. The average molecular weight is 257 g/mol. The number of anilines is 1. The number of ether oxygens (including phenoxy) is 1. The Hall–Kier alpha value is -1.30. The summed E-state index contributed by atoms with van der Waals surface area (Å²) in [4.78, 5) is 4.18. The summed E-state index contributed by atoms with van der Waals surface area (Å²) >= 11 is 6.08. The van der Waals surface area contributed by atoms with E-state index < -0.39 is 0 Å². The fourth-order valence-corrected chi connectivity index (χ4v) is 1.50. The molecule has 94 valence electrons. The van der Waals surface area contributed by atoms with Crippen LogP contribution in [0, 0.1) is 6.92 Å². The highest BCUT2D eigenvalue weighted by Gasteiger charge is 2.02. The Balaban J connectivity index is 2.70. The number of nitrogens with zero attached hydrogens (tertiary/aromatic N) is 1. The Morgan fingerprint density at radius 2 is 2.29 bits per heavy atom. The van der Waals surface area contributed by atoms with Gasteiger partial charge in [0.1, 0.15) is 0 Å². The van der Waals surface area contributed by atoms with Crippen LogP contribution in [0.4, 0.5) is 5.69 Å². The van der Waals surface area contributed by atoms with Crippen LogP contribution in [0.2, 0.25) is 5.02 Å². The van der Waals surface area contributed by atoms with E-state index in [2.05, 4.69) is 15.7 Å². The largest absolute Gasteiger partial charge is 0.383 e. The average Bonchev–Trinajstić information content (AvgIpc) is 2.31. The third-order valence-electron chi connectivity index (χ3n) is 2.08. The lowest BCUT2D eigenvalue weighted by atomic mass is 10.2. The van der Waals surface area contributed by atoms with Crippen molar-refractivity contribution in [3.05, 3.63) is 28.8 Å². The van der Waals surface area contributed by atoms with Crippen molar-refractivity contribution in [3.8, 4) is 0 Å². The van der Waals surface area contributed by atoms with Gasteiger partial charge in [-0.2, -0.15) is 0 Å². The minimum Gasteiger partial charge on any atom is -0.383 e. The monoisotopic (exact) mass is 256 g/mol. The number of nitrogens with two attached hydrogens (primary N) is 1. The van der Waals surface area contributed by atoms with Crippen LogP contribution in [0.15, 0.2) is 23.2 Å². The fraction of sp³-hybridized carbons (Fsp3) is 0.364. The van der Waals surface area contributed by atoms with Gasteiger partial charge in [0, 0.05) is 7.11 Å². The van der Waals surface area contributed by atoms with Crippen LogP contribution in [-0.4, -0.2) is 26.2 Å². The van der Waals surface area contributed by atoms with Crippen LogP contribution >= 0.6 is 11.6 Å². The molecular weight excluding hydrogens is 240 g/mol. The highest BCUT2D eigenvalue weighted by atomic mass is 35.5. The van der Waals surface area contributed by atoms with Crippen molar-refractivity contribution in [2.45, 2.75) is 6.92 Å². The molecule has 6 heteroatoms.